The van der Waals surface area contributed by atoms with Gasteiger partial charge in [-0.25, -0.2) is 0 Å². The van der Waals surface area contributed by atoms with Crippen LogP contribution in [0, 0.1) is 16.7 Å². The first kappa shape index (κ1) is 14.8. The van der Waals surface area contributed by atoms with E-state index in [1.54, 1.807) is 7.05 Å². The third-order valence-corrected chi connectivity index (χ3v) is 4.94. The van der Waals surface area contributed by atoms with E-state index in [4.69, 9.17) is 4.74 Å². The topological polar surface area (TPSA) is 50.4 Å². The van der Waals surface area contributed by atoms with Crippen molar-refractivity contribution in [1.82, 2.24) is 10.6 Å². The third kappa shape index (κ3) is 2.52. The minimum atomic E-state index is -0.370. The van der Waals surface area contributed by atoms with Crippen LogP contribution in [0.1, 0.15) is 40.5 Å². The second-order valence-corrected chi connectivity index (χ2v) is 7.24. The second-order valence-electron chi connectivity index (χ2n) is 7.24. The van der Waals surface area contributed by atoms with E-state index >= 15 is 0 Å². The lowest BCUT2D eigenvalue weighted by atomic mass is 9.55. The first-order valence-corrected chi connectivity index (χ1v) is 7.38. The quantitative estimate of drug-likeness (QED) is 0.813. The molecule has 2 N–H and O–H groups in total. The van der Waals surface area contributed by atoms with Crippen LogP contribution < -0.4 is 10.6 Å². The molecule has 0 aromatic heterocycles. The summed E-state index contributed by atoms with van der Waals surface area (Å²) >= 11 is 0. The highest BCUT2D eigenvalue weighted by Crippen LogP contribution is 2.51. The molecule has 1 aliphatic heterocycles. The lowest BCUT2D eigenvalue weighted by Gasteiger charge is -2.60. The van der Waals surface area contributed by atoms with Crippen LogP contribution in [0.3, 0.4) is 0 Å². The Labute approximate surface area is 116 Å². The molecule has 4 heteroatoms. The Kier molecular flexibility index (Phi) is 3.94. The Balaban J connectivity index is 1.94. The summed E-state index contributed by atoms with van der Waals surface area (Å²) in [5, 5.41) is 6.36. The summed E-state index contributed by atoms with van der Waals surface area (Å²) in [5.74, 6) is 0.706. The smallest absolute Gasteiger partial charge is 0.226 e. The van der Waals surface area contributed by atoms with Crippen LogP contribution in [-0.4, -0.2) is 38.3 Å². The Bertz CT molecular complexity index is 352. The van der Waals surface area contributed by atoms with Crippen molar-refractivity contribution in [2.75, 3.05) is 20.2 Å². The van der Waals surface area contributed by atoms with E-state index in [0.717, 1.165) is 13.0 Å². The highest BCUT2D eigenvalue weighted by Gasteiger charge is 2.57. The number of hydrogen-bond donors (Lipinski definition) is 2. The molecule has 3 atom stereocenters. The zero-order chi connectivity index (χ0) is 14.3. The second kappa shape index (κ2) is 5.06. The molecule has 0 aromatic carbocycles. The molecule has 0 aromatic rings. The van der Waals surface area contributed by atoms with Gasteiger partial charge in [-0.1, -0.05) is 13.8 Å². The van der Waals surface area contributed by atoms with Gasteiger partial charge in [0.25, 0.3) is 0 Å². The van der Waals surface area contributed by atoms with Crippen molar-refractivity contribution < 1.29 is 9.53 Å². The summed E-state index contributed by atoms with van der Waals surface area (Å²) in [4.78, 5) is 11.8. The molecule has 0 bridgehead atoms. The lowest BCUT2D eigenvalue weighted by molar-refractivity contribution is -0.193. The fourth-order valence-electron chi connectivity index (χ4n) is 3.72. The zero-order valence-electron chi connectivity index (χ0n) is 12.9. The van der Waals surface area contributed by atoms with Gasteiger partial charge in [-0.05, 0) is 26.7 Å². The zero-order valence-corrected chi connectivity index (χ0v) is 12.9. The van der Waals surface area contributed by atoms with Crippen molar-refractivity contribution in [3.8, 4) is 0 Å². The van der Waals surface area contributed by atoms with E-state index in [-0.39, 0.29) is 16.7 Å². The Morgan fingerprint density at radius 1 is 1.42 bits per heavy atom. The fourth-order valence-corrected chi connectivity index (χ4v) is 3.72. The van der Waals surface area contributed by atoms with Crippen molar-refractivity contribution in [3.63, 3.8) is 0 Å². The van der Waals surface area contributed by atoms with E-state index in [2.05, 4.69) is 24.5 Å². The summed E-state index contributed by atoms with van der Waals surface area (Å²) in [7, 11) is 1.70. The minimum absolute atomic E-state index is 0.0913. The number of hydrogen-bond acceptors (Lipinski definition) is 3. The summed E-state index contributed by atoms with van der Waals surface area (Å²) < 4.78 is 5.90. The van der Waals surface area contributed by atoms with Gasteiger partial charge >= 0.3 is 0 Å². The van der Waals surface area contributed by atoms with Gasteiger partial charge in [0.05, 0.1) is 11.5 Å². The van der Waals surface area contributed by atoms with Gasteiger partial charge < -0.3 is 15.4 Å². The molecule has 1 amide bonds. The largest absolute Gasteiger partial charge is 0.377 e. The summed E-state index contributed by atoms with van der Waals surface area (Å²) in [6.07, 6.45) is 2.79. The Morgan fingerprint density at radius 3 is 2.74 bits per heavy atom. The highest BCUT2D eigenvalue weighted by atomic mass is 16.5. The average molecular weight is 268 g/mol. The number of amides is 1. The van der Waals surface area contributed by atoms with Crippen molar-refractivity contribution in [3.05, 3.63) is 0 Å². The SMILES string of the molecule is CNC(=O)C(C)(C)CNC1C2CCCOC2C1(C)C. The van der Waals surface area contributed by atoms with Crippen LogP contribution in [0.25, 0.3) is 0 Å². The predicted octanol–water partition coefficient (Wildman–Crippen LogP) is 1.55. The molecule has 19 heavy (non-hydrogen) atoms. The first-order valence-electron chi connectivity index (χ1n) is 7.38. The molecule has 4 nitrogen and oxygen atoms in total. The van der Waals surface area contributed by atoms with Crippen LogP contribution >= 0.6 is 0 Å². The standard InChI is InChI=1S/C15H28N2O2/c1-14(2,13(18)16-5)9-17-11-10-7-6-8-19-12(10)15(11,3)4/h10-12,17H,6-9H2,1-5H3,(H,16,18). The lowest BCUT2D eigenvalue weighted by Crippen LogP contribution is -2.70. The van der Waals surface area contributed by atoms with Crippen molar-refractivity contribution in [2.45, 2.75) is 52.7 Å². The number of rotatable bonds is 4. The number of carbonyl (C=O) groups excluding carboxylic acids is 1. The fraction of sp³-hybridized carbons (Fsp3) is 0.933. The van der Waals surface area contributed by atoms with Gasteiger partial charge in [-0.2, -0.15) is 0 Å². The molecule has 2 rings (SSSR count). The van der Waals surface area contributed by atoms with Gasteiger partial charge in [0.2, 0.25) is 5.91 Å². The summed E-state index contributed by atoms with van der Waals surface area (Å²) in [6, 6.07) is 0.460. The molecule has 0 radical (unpaired) electrons. The van der Waals surface area contributed by atoms with Crippen LogP contribution in [0.4, 0.5) is 0 Å². The van der Waals surface area contributed by atoms with Crippen LogP contribution in [0.15, 0.2) is 0 Å². The maximum Gasteiger partial charge on any atom is 0.226 e. The van der Waals surface area contributed by atoms with E-state index in [9.17, 15) is 4.79 Å². The Hall–Kier alpha value is -0.610. The van der Waals surface area contributed by atoms with Crippen LogP contribution in [0.5, 0.6) is 0 Å². The molecule has 110 valence electrons. The predicted molar refractivity (Wildman–Crippen MR) is 75.9 cm³/mol. The molecule has 1 aliphatic carbocycles. The minimum Gasteiger partial charge on any atom is -0.377 e. The van der Waals surface area contributed by atoms with Crippen molar-refractivity contribution in [1.29, 1.82) is 0 Å². The first-order chi connectivity index (χ1) is 8.80. The maximum absolute atomic E-state index is 11.8. The number of nitrogens with one attached hydrogen (secondary N) is 2. The number of carbonyl (C=O) groups is 1. The molecule has 3 unspecified atom stereocenters. The third-order valence-electron chi connectivity index (χ3n) is 4.94. The summed E-state index contributed by atoms with van der Waals surface area (Å²) in [5.41, 5.74) is -0.199. The maximum atomic E-state index is 11.8. The number of fused-ring (bicyclic) bond motifs is 1. The van der Waals surface area contributed by atoms with Gasteiger partial charge in [0, 0.05) is 37.6 Å². The number of ether oxygens (including phenoxy) is 1. The molecule has 2 aliphatic rings. The van der Waals surface area contributed by atoms with Crippen molar-refractivity contribution >= 4 is 5.91 Å². The molecule has 1 heterocycles. The molecular weight excluding hydrogens is 240 g/mol. The molecule has 1 saturated heterocycles. The molecule has 1 saturated carbocycles. The highest BCUT2D eigenvalue weighted by molar-refractivity contribution is 5.81. The van der Waals surface area contributed by atoms with E-state index in [1.165, 1.54) is 6.42 Å². The van der Waals surface area contributed by atoms with Gasteiger partial charge in [0.15, 0.2) is 0 Å². The van der Waals surface area contributed by atoms with E-state index < -0.39 is 0 Å². The van der Waals surface area contributed by atoms with Gasteiger partial charge in [-0.3, -0.25) is 4.79 Å². The van der Waals surface area contributed by atoms with E-state index in [1.807, 2.05) is 13.8 Å². The normalized spacial score (nSPS) is 33.2. The van der Waals surface area contributed by atoms with Crippen LogP contribution in [-0.2, 0) is 9.53 Å². The molecular formula is C15H28N2O2. The van der Waals surface area contributed by atoms with Gasteiger partial charge in [0.1, 0.15) is 0 Å². The summed E-state index contributed by atoms with van der Waals surface area (Å²) in [6.45, 7) is 10.1. The van der Waals surface area contributed by atoms with Crippen molar-refractivity contribution in [2.24, 2.45) is 16.7 Å². The average Bonchev–Trinajstić information content (AvgIpc) is 2.37. The van der Waals surface area contributed by atoms with Crippen LogP contribution in [0.2, 0.25) is 0 Å². The van der Waals surface area contributed by atoms with E-state index in [0.29, 0.717) is 24.6 Å². The molecule has 2 fully saturated rings. The van der Waals surface area contributed by atoms with Gasteiger partial charge in [-0.15, -0.1) is 0 Å². The molecule has 0 spiro atoms. The monoisotopic (exact) mass is 268 g/mol. The Morgan fingerprint density at radius 2 is 2.11 bits per heavy atom.